The summed E-state index contributed by atoms with van der Waals surface area (Å²) in [6.07, 6.45) is -31.1. The first-order chi connectivity index (χ1) is 19.7. The van der Waals surface area contributed by atoms with E-state index in [1.807, 2.05) is 0 Å². The molecule has 0 amide bonds. The van der Waals surface area contributed by atoms with Gasteiger partial charge in [-0.25, -0.2) is 0 Å². The molecule has 0 saturated carbocycles. The summed E-state index contributed by atoms with van der Waals surface area (Å²) in [6.45, 7) is -4.19. The number of rotatable bonds is 12. The van der Waals surface area contributed by atoms with Gasteiger partial charge in [0.15, 0.2) is 12.6 Å². The van der Waals surface area contributed by atoms with Crippen LogP contribution in [0.4, 0.5) is 57.1 Å². The zero-order valence-corrected chi connectivity index (χ0v) is 21.3. The molecule has 6 unspecified atom stereocenters. The van der Waals surface area contributed by atoms with Gasteiger partial charge >= 0.3 is 35.8 Å². The molecule has 0 radical (unpaired) electrons. The Labute approximate surface area is 236 Å². The van der Waals surface area contributed by atoms with Crippen LogP contribution in [-0.2, 0) is 18.9 Å². The highest BCUT2D eigenvalue weighted by Crippen LogP contribution is 2.60. The number of halogens is 13. The van der Waals surface area contributed by atoms with Gasteiger partial charge in [0.2, 0.25) is 0 Å². The molecule has 0 aliphatic carbocycles. The lowest BCUT2D eigenvalue weighted by atomic mass is 9.93. The fourth-order valence-electron chi connectivity index (χ4n) is 3.96. The Kier molecular flexibility index (Phi) is 11.5. The number of aliphatic hydroxyl groups is 7. The Morgan fingerprint density at radius 2 is 0.977 bits per heavy atom. The molecule has 262 valence electrons. The molecule has 0 spiro atoms. The Bertz CT molecular complexity index is 953. The molecule has 0 aromatic rings. The lowest BCUT2D eigenvalue weighted by Gasteiger charge is -2.46. The summed E-state index contributed by atoms with van der Waals surface area (Å²) in [5.74, 6) is -38.1. The van der Waals surface area contributed by atoms with Gasteiger partial charge in [-0.15, -0.1) is 0 Å². The Morgan fingerprint density at radius 3 is 1.45 bits per heavy atom. The van der Waals surface area contributed by atoms with Crippen molar-refractivity contribution in [2.75, 3.05) is 19.8 Å². The predicted octanol–water partition coefficient (Wildman–Crippen LogP) is -0.244. The third-order valence-corrected chi connectivity index (χ3v) is 6.66. The van der Waals surface area contributed by atoms with Crippen molar-refractivity contribution in [2.45, 2.75) is 104 Å². The summed E-state index contributed by atoms with van der Waals surface area (Å²) in [4.78, 5) is 0. The fourth-order valence-corrected chi connectivity index (χ4v) is 3.96. The van der Waals surface area contributed by atoms with Gasteiger partial charge in [0.25, 0.3) is 0 Å². The first-order valence-electron chi connectivity index (χ1n) is 11.9. The zero-order valence-electron chi connectivity index (χ0n) is 21.3. The normalized spacial score (nSPS) is 35.2. The summed E-state index contributed by atoms with van der Waals surface area (Å²) >= 11 is 0. The number of hydrogen-bond donors (Lipinski definition) is 7. The van der Waals surface area contributed by atoms with E-state index in [1.54, 1.807) is 0 Å². The van der Waals surface area contributed by atoms with E-state index in [-0.39, 0.29) is 0 Å². The molecule has 10 atom stereocenters. The van der Waals surface area contributed by atoms with Crippen LogP contribution in [0.1, 0.15) is 6.42 Å². The van der Waals surface area contributed by atoms with Crippen LogP contribution in [0.2, 0.25) is 0 Å². The van der Waals surface area contributed by atoms with Crippen molar-refractivity contribution in [3.8, 4) is 0 Å². The lowest BCUT2D eigenvalue weighted by molar-refractivity contribution is -0.440. The highest BCUT2D eigenvalue weighted by Gasteiger charge is 2.90. The van der Waals surface area contributed by atoms with Gasteiger partial charge in [-0.2, -0.15) is 57.1 Å². The number of ether oxygens (including phenoxy) is 4. The SMILES string of the molecule is OCC1O[C@H](O[C@@H]2C(CO)O[C@@H](OCCC(F)(F)C(F)(F)C(F)(F)C(F)(F)C(F)(F)C(F)(F)F)C(O)C2O)C(O)C(O)[C@@H]1O. The van der Waals surface area contributed by atoms with Gasteiger partial charge < -0.3 is 54.7 Å². The minimum atomic E-state index is -8.09. The quantitative estimate of drug-likeness (QED) is 0.135. The van der Waals surface area contributed by atoms with E-state index < -0.39 is 123 Å². The number of hydrogen-bond acceptors (Lipinski definition) is 11. The first-order valence-corrected chi connectivity index (χ1v) is 11.9. The summed E-state index contributed by atoms with van der Waals surface area (Å²) in [7, 11) is 0. The monoisotopic (exact) mass is 688 g/mol. The van der Waals surface area contributed by atoms with Crippen LogP contribution in [-0.4, -0.2) is 153 Å². The summed E-state index contributed by atoms with van der Waals surface area (Å²) < 4.78 is 191. The van der Waals surface area contributed by atoms with E-state index in [0.717, 1.165) is 0 Å². The molecular formula is C20H25F13O11. The Balaban J connectivity index is 2.14. The van der Waals surface area contributed by atoms with Gasteiger partial charge in [0.05, 0.1) is 19.8 Å². The van der Waals surface area contributed by atoms with Crippen LogP contribution < -0.4 is 0 Å². The van der Waals surface area contributed by atoms with E-state index in [1.165, 1.54) is 0 Å². The second-order valence-electron chi connectivity index (χ2n) is 9.63. The maximum Gasteiger partial charge on any atom is 0.460 e. The fraction of sp³-hybridized carbons (Fsp3) is 1.00. The van der Waals surface area contributed by atoms with Crippen molar-refractivity contribution >= 4 is 0 Å². The minimum absolute atomic E-state index is 0.950. The topological polar surface area (TPSA) is 179 Å². The molecule has 0 bridgehead atoms. The van der Waals surface area contributed by atoms with Crippen molar-refractivity contribution in [2.24, 2.45) is 0 Å². The Morgan fingerprint density at radius 1 is 0.523 bits per heavy atom. The van der Waals surface area contributed by atoms with E-state index in [0.29, 0.717) is 0 Å². The Hall–Kier alpha value is -1.35. The van der Waals surface area contributed by atoms with Crippen LogP contribution in [0.25, 0.3) is 0 Å². The molecule has 0 aromatic heterocycles. The minimum Gasteiger partial charge on any atom is -0.394 e. The molecule has 24 heteroatoms. The standard InChI is InChI=1S/C20H25F13O11/c21-15(22,16(23,24)17(25,26)18(27,28)19(29,30)20(31,32)33)1-2-41-13-11(40)9(38)12(6(4-35)43-13)44-14-10(39)8(37)7(36)5(3-34)42-14/h5-14,34-40H,1-4H2/t5?,6?,7-,8?,9?,10?,11?,12-,13-,14-/m1/s1. The number of alkyl halides is 13. The molecule has 2 aliphatic rings. The van der Waals surface area contributed by atoms with Crippen LogP contribution in [0.3, 0.4) is 0 Å². The molecule has 2 aliphatic heterocycles. The van der Waals surface area contributed by atoms with Gasteiger partial charge in [0.1, 0.15) is 48.8 Å². The van der Waals surface area contributed by atoms with Gasteiger partial charge in [-0.3, -0.25) is 0 Å². The molecule has 2 heterocycles. The van der Waals surface area contributed by atoms with Crippen LogP contribution >= 0.6 is 0 Å². The van der Waals surface area contributed by atoms with Crippen molar-refractivity contribution in [1.82, 2.24) is 0 Å². The van der Waals surface area contributed by atoms with Crippen molar-refractivity contribution in [1.29, 1.82) is 0 Å². The molecule has 44 heavy (non-hydrogen) atoms. The van der Waals surface area contributed by atoms with Gasteiger partial charge in [-0.05, 0) is 0 Å². The molecule has 2 saturated heterocycles. The maximum atomic E-state index is 14.0. The average molecular weight is 688 g/mol. The van der Waals surface area contributed by atoms with E-state index in [4.69, 9.17) is 14.2 Å². The van der Waals surface area contributed by atoms with Crippen LogP contribution in [0.5, 0.6) is 0 Å². The van der Waals surface area contributed by atoms with E-state index in [9.17, 15) is 92.8 Å². The molecule has 11 nitrogen and oxygen atoms in total. The number of aliphatic hydroxyl groups excluding tert-OH is 7. The second kappa shape index (κ2) is 13.0. The van der Waals surface area contributed by atoms with Gasteiger partial charge in [0, 0.05) is 6.42 Å². The summed E-state index contributed by atoms with van der Waals surface area (Å²) in [5, 5.41) is 68.8. The largest absolute Gasteiger partial charge is 0.460 e. The lowest BCUT2D eigenvalue weighted by Crippen LogP contribution is -2.70. The maximum absolute atomic E-state index is 14.0. The average Bonchev–Trinajstić information content (AvgIpc) is 2.91. The third kappa shape index (κ3) is 6.57. The predicted molar refractivity (Wildman–Crippen MR) is 108 cm³/mol. The van der Waals surface area contributed by atoms with Crippen LogP contribution in [0, 0.1) is 0 Å². The highest BCUT2D eigenvalue weighted by molar-refractivity contribution is 5.10. The van der Waals surface area contributed by atoms with Crippen molar-refractivity contribution in [3.63, 3.8) is 0 Å². The van der Waals surface area contributed by atoms with Gasteiger partial charge in [-0.1, -0.05) is 0 Å². The molecule has 2 rings (SSSR count). The highest BCUT2D eigenvalue weighted by atomic mass is 19.4. The molecule has 7 N–H and O–H groups in total. The third-order valence-electron chi connectivity index (χ3n) is 6.66. The van der Waals surface area contributed by atoms with E-state index in [2.05, 4.69) is 4.74 Å². The zero-order chi connectivity index (χ0) is 34.4. The second-order valence-corrected chi connectivity index (χ2v) is 9.63. The van der Waals surface area contributed by atoms with E-state index >= 15 is 0 Å². The van der Waals surface area contributed by atoms with Crippen molar-refractivity contribution < 1.29 is 112 Å². The van der Waals surface area contributed by atoms with Crippen LogP contribution in [0.15, 0.2) is 0 Å². The summed E-state index contributed by atoms with van der Waals surface area (Å²) in [6, 6.07) is 0. The molecular weight excluding hydrogens is 663 g/mol. The molecule has 0 aromatic carbocycles. The smallest absolute Gasteiger partial charge is 0.394 e. The molecule has 2 fully saturated rings. The van der Waals surface area contributed by atoms with Crippen molar-refractivity contribution in [3.05, 3.63) is 0 Å². The first kappa shape index (κ1) is 38.8. The summed E-state index contributed by atoms with van der Waals surface area (Å²) in [5.41, 5.74) is 0.